The minimum atomic E-state index is -1.01. The number of aromatic carboxylic acids is 4. The van der Waals surface area contributed by atoms with Crippen molar-refractivity contribution in [3.05, 3.63) is 212 Å². The van der Waals surface area contributed by atoms with Crippen LogP contribution in [0.3, 0.4) is 0 Å². The van der Waals surface area contributed by atoms with Gasteiger partial charge in [-0.25, -0.2) is 19.2 Å². The number of ether oxygens (including phenoxy) is 2. The second-order valence-electron chi connectivity index (χ2n) is 16.2. The van der Waals surface area contributed by atoms with Gasteiger partial charge < -0.3 is 29.9 Å². The molecule has 0 atom stereocenters. The van der Waals surface area contributed by atoms with E-state index in [0.29, 0.717) is 24.7 Å². The number of benzene rings is 8. The Labute approximate surface area is 403 Å². The number of carbonyl (C=O) groups is 4. The van der Waals surface area contributed by atoms with Crippen molar-refractivity contribution in [2.45, 2.75) is 13.8 Å². The van der Waals surface area contributed by atoms with Crippen molar-refractivity contribution in [2.75, 3.05) is 13.2 Å². The van der Waals surface area contributed by atoms with Crippen molar-refractivity contribution in [3.8, 4) is 22.6 Å². The molecule has 0 aliphatic carbocycles. The first-order valence-corrected chi connectivity index (χ1v) is 22.4. The predicted octanol–water partition coefficient (Wildman–Crippen LogP) is 13.9. The summed E-state index contributed by atoms with van der Waals surface area (Å²) in [5, 5.41) is 41.4. The van der Waals surface area contributed by atoms with Gasteiger partial charge in [0.2, 0.25) is 0 Å². The molecule has 8 aromatic rings. The van der Waals surface area contributed by atoms with Gasteiger partial charge in [-0.2, -0.15) is 0 Å². The molecular weight excluding hydrogens is 881 g/mol. The number of hydrogen-bond donors (Lipinski definition) is 4. The van der Waals surface area contributed by atoms with Crippen molar-refractivity contribution in [1.29, 1.82) is 0 Å². The molecule has 0 aliphatic heterocycles. The lowest BCUT2D eigenvalue weighted by molar-refractivity contribution is 0.0686. The molecule has 0 aliphatic rings. The molecule has 8 aromatic carbocycles. The summed E-state index contributed by atoms with van der Waals surface area (Å²) in [6.07, 6.45) is 15.6. The van der Waals surface area contributed by atoms with Gasteiger partial charge in [0.05, 0.1) is 35.5 Å². The van der Waals surface area contributed by atoms with E-state index in [1.165, 1.54) is 0 Å². The lowest BCUT2D eigenvalue weighted by Gasteiger charge is -2.22. The second kappa shape index (κ2) is 21.1. The molecule has 0 saturated carbocycles. The third-order valence-electron chi connectivity index (χ3n) is 11.6. The molecular formula is C60H46O10. The third-order valence-corrected chi connectivity index (χ3v) is 11.6. The summed E-state index contributed by atoms with van der Waals surface area (Å²) in [7, 11) is 0. The lowest BCUT2D eigenvalue weighted by atomic mass is 9.87. The summed E-state index contributed by atoms with van der Waals surface area (Å²) >= 11 is 0. The van der Waals surface area contributed by atoms with Crippen LogP contribution in [0.1, 0.15) is 99.8 Å². The molecule has 70 heavy (non-hydrogen) atoms. The Balaban J connectivity index is 1.35. The first-order chi connectivity index (χ1) is 33.9. The molecule has 0 saturated heterocycles. The van der Waals surface area contributed by atoms with E-state index in [0.717, 1.165) is 77.2 Å². The molecule has 10 nitrogen and oxygen atoms in total. The number of carboxylic acid groups (broad SMARTS) is 4. The SMILES string of the molecule is CCOc1cc(/C=C\c2ccc(C(=O)O)cc2)c2cc(/C=C\c3ccc(C(=O)O)cc3)ccc2c1-c1c(OCC)cc(/C=C/c2ccc(C(=O)O)cc2)c2cc(/C=C/c3ccc(C(=O)O)cc3)ccc12. The van der Waals surface area contributed by atoms with Crippen LogP contribution < -0.4 is 9.47 Å². The highest BCUT2D eigenvalue weighted by Crippen LogP contribution is 2.48. The van der Waals surface area contributed by atoms with E-state index in [9.17, 15) is 39.6 Å². The fourth-order valence-electron chi connectivity index (χ4n) is 8.13. The van der Waals surface area contributed by atoms with E-state index in [1.807, 2.05) is 86.7 Å². The number of hydrogen-bond acceptors (Lipinski definition) is 6. The molecule has 0 radical (unpaired) electrons. The Morgan fingerprint density at radius 2 is 0.600 bits per heavy atom. The fourth-order valence-corrected chi connectivity index (χ4v) is 8.13. The van der Waals surface area contributed by atoms with Crippen LogP contribution in [0.2, 0.25) is 0 Å². The van der Waals surface area contributed by atoms with Gasteiger partial charge in [0.1, 0.15) is 11.5 Å². The van der Waals surface area contributed by atoms with Gasteiger partial charge in [0.15, 0.2) is 0 Å². The molecule has 10 heteroatoms. The first-order valence-electron chi connectivity index (χ1n) is 22.4. The van der Waals surface area contributed by atoms with Crippen molar-refractivity contribution in [3.63, 3.8) is 0 Å². The molecule has 346 valence electrons. The molecule has 4 N–H and O–H groups in total. The number of rotatable bonds is 17. The quantitative estimate of drug-likeness (QED) is 0.0645. The Kier molecular flexibility index (Phi) is 14.3. The predicted molar refractivity (Wildman–Crippen MR) is 279 cm³/mol. The molecule has 0 unspecified atom stereocenters. The number of carboxylic acids is 4. The highest BCUT2D eigenvalue weighted by Gasteiger charge is 2.23. The van der Waals surface area contributed by atoms with E-state index < -0.39 is 23.9 Å². The summed E-state index contributed by atoms with van der Waals surface area (Å²) in [4.78, 5) is 46.2. The Bertz CT molecular complexity index is 3180. The minimum Gasteiger partial charge on any atom is -0.493 e. The Morgan fingerprint density at radius 1 is 0.343 bits per heavy atom. The zero-order chi connectivity index (χ0) is 49.3. The highest BCUT2D eigenvalue weighted by molar-refractivity contribution is 6.14. The van der Waals surface area contributed by atoms with E-state index >= 15 is 0 Å². The minimum absolute atomic E-state index is 0.184. The second-order valence-corrected chi connectivity index (χ2v) is 16.2. The molecule has 0 bridgehead atoms. The van der Waals surface area contributed by atoms with E-state index in [-0.39, 0.29) is 22.3 Å². The van der Waals surface area contributed by atoms with Crippen LogP contribution in [-0.4, -0.2) is 57.5 Å². The molecule has 0 amide bonds. The van der Waals surface area contributed by atoms with Crippen molar-refractivity contribution < 1.29 is 49.1 Å². The number of fused-ring (bicyclic) bond motifs is 2. The van der Waals surface area contributed by atoms with Gasteiger partial charge in [0.25, 0.3) is 0 Å². The maximum absolute atomic E-state index is 11.6. The third kappa shape index (κ3) is 10.8. The Morgan fingerprint density at radius 3 is 0.871 bits per heavy atom. The average Bonchev–Trinajstić information content (AvgIpc) is 3.37. The van der Waals surface area contributed by atoms with Crippen LogP contribution >= 0.6 is 0 Å². The van der Waals surface area contributed by atoms with Gasteiger partial charge in [-0.15, -0.1) is 0 Å². The zero-order valence-corrected chi connectivity index (χ0v) is 38.1. The van der Waals surface area contributed by atoms with E-state index in [1.54, 1.807) is 97.1 Å². The largest absolute Gasteiger partial charge is 0.493 e. The van der Waals surface area contributed by atoms with Crippen molar-refractivity contribution >= 4 is 94.0 Å². The van der Waals surface area contributed by atoms with Crippen LogP contribution in [0, 0.1) is 0 Å². The summed E-state index contributed by atoms with van der Waals surface area (Å²) in [5.74, 6) is -2.80. The first kappa shape index (κ1) is 47.2. The van der Waals surface area contributed by atoms with E-state index in [4.69, 9.17) is 9.47 Å². The van der Waals surface area contributed by atoms with E-state index in [2.05, 4.69) is 24.3 Å². The van der Waals surface area contributed by atoms with Crippen LogP contribution in [0.15, 0.2) is 146 Å². The van der Waals surface area contributed by atoms with Gasteiger partial charge in [-0.3, -0.25) is 0 Å². The molecule has 0 aromatic heterocycles. The maximum Gasteiger partial charge on any atom is 0.335 e. The molecule has 0 spiro atoms. The van der Waals surface area contributed by atoms with Crippen LogP contribution in [0.5, 0.6) is 11.5 Å². The van der Waals surface area contributed by atoms with Gasteiger partial charge in [-0.1, -0.05) is 121 Å². The average molecular weight is 927 g/mol. The zero-order valence-electron chi connectivity index (χ0n) is 38.1. The maximum atomic E-state index is 11.6. The summed E-state index contributed by atoms with van der Waals surface area (Å²) in [6, 6.07) is 42.9. The molecule has 0 heterocycles. The highest BCUT2D eigenvalue weighted by atomic mass is 16.5. The Hall–Kier alpha value is -9.28. The summed E-state index contributed by atoms with van der Waals surface area (Å²) < 4.78 is 13.1. The van der Waals surface area contributed by atoms with Gasteiger partial charge in [0, 0.05) is 11.1 Å². The van der Waals surface area contributed by atoms with Crippen LogP contribution in [0.4, 0.5) is 0 Å². The van der Waals surface area contributed by atoms with Crippen LogP contribution in [-0.2, 0) is 0 Å². The monoisotopic (exact) mass is 926 g/mol. The molecule has 8 rings (SSSR count). The summed E-state index contributed by atoms with van der Waals surface area (Å²) in [5.41, 5.74) is 9.05. The smallest absolute Gasteiger partial charge is 0.335 e. The van der Waals surface area contributed by atoms with Gasteiger partial charge >= 0.3 is 23.9 Å². The van der Waals surface area contributed by atoms with Crippen LogP contribution in [0.25, 0.3) is 81.3 Å². The van der Waals surface area contributed by atoms with Crippen molar-refractivity contribution in [1.82, 2.24) is 0 Å². The fraction of sp³-hybridized carbons (Fsp3) is 0.0667. The lowest BCUT2D eigenvalue weighted by Crippen LogP contribution is -2.01. The topological polar surface area (TPSA) is 168 Å². The van der Waals surface area contributed by atoms with Crippen molar-refractivity contribution in [2.24, 2.45) is 0 Å². The normalized spacial score (nSPS) is 11.6. The van der Waals surface area contributed by atoms with Gasteiger partial charge in [-0.05, 0) is 153 Å². The summed E-state index contributed by atoms with van der Waals surface area (Å²) in [6.45, 7) is 4.56. The molecule has 0 fully saturated rings. The standard InChI is InChI=1S/C60H46O10/c1-3-69-53-35-47(29-17-39-13-25-45(26-14-39)59(65)66)51-33-41(7-5-37-9-21-43(22-10-37)57(61)62)19-31-49(51)55(53)56-50-32-20-42(8-6-38-11-23-44(24-12-38)58(63)64)34-52(50)48(36-54(56)70-4-2)30-18-40-15-27-46(28-16-40)60(67)68/h5-36H,3-4H2,1-2H3,(H,61,62)(H,63,64)(H,65,66)(H,67,68)/b7-5-,8-6+,29-17-,30-18+.